The summed E-state index contributed by atoms with van der Waals surface area (Å²) in [5, 5.41) is 4.66. The molecular formula is C14H18N4. The third kappa shape index (κ3) is 2.10. The molecule has 0 aliphatic heterocycles. The van der Waals surface area contributed by atoms with Gasteiger partial charge in [0.25, 0.3) is 0 Å². The maximum atomic E-state index is 6.07. The van der Waals surface area contributed by atoms with E-state index in [-0.39, 0.29) is 0 Å². The van der Waals surface area contributed by atoms with Crippen LogP contribution >= 0.6 is 0 Å². The van der Waals surface area contributed by atoms with Crippen LogP contribution in [0, 0.1) is 0 Å². The van der Waals surface area contributed by atoms with E-state index in [0.717, 1.165) is 16.9 Å². The predicted molar refractivity (Wildman–Crippen MR) is 72.0 cm³/mol. The molecule has 4 nitrogen and oxygen atoms in total. The van der Waals surface area contributed by atoms with E-state index in [1.54, 1.807) is 6.20 Å². The fraction of sp³-hybridized carbons (Fsp3) is 0.429. The second kappa shape index (κ2) is 4.80. The molecule has 1 aliphatic carbocycles. The molecule has 1 aliphatic rings. The molecule has 0 unspecified atom stereocenters. The van der Waals surface area contributed by atoms with Crippen LogP contribution in [0.15, 0.2) is 30.7 Å². The van der Waals surface area contributed by atoms with Gasteiger partial charge < -0.3 is 5.73 Å². The van der Waals surface area contributed by atoms with Crippen molar-refractivity contribution in [1.29, 1.82) is 0 Å². The highest BCUT2D eigenvalue weighted by Gasteiger charge is 2.18. The monoisotopic (exact) mass is 242 g/mol. The van der Waals surface area contributed by atoms with Crippen LogP contribution < -0.4 is 5.73 Å². The first-order valence-electron chi connectivity index (χ1n) is 6.59. The molecule has 0 atom stereocenters. The molecular weight excluding hydrogens is 224 g/mol. The van der Waals surface area contributed by atoms with Crippen molar-refractivity contribution in [3.63, 3.8) is 0 Å². The van der Waals surface area contributed by atoms with Gasteiger partial charge in [-0.05, 0) is 25.0 Å². The SMILES string of the molecule is Nc1cn(C2CCCCC2)nc1-c1cccnc1. The van der Waals surface area contributed by atoms with E-state index >= 15 is 0 Å². The first kappa shape index (κ1) is 11.3. The number of nitrogens with two attached hydrogens (primary N) is 1. The minimum atomic E-state index is 0.520. The second-order valence-electron chi connectivity index (χ2n) is 4.95. The Hall–Kier alpha value is -1.84. The zero-order valence-electron chi connectivity index (χ0n) is 10.4. The number of anilines is 1. The third-order valence-corrected chi connectivity index (χ3v) is 3.64. The highest BCUT2D eigenvalue weighted by Crippen LogP contribution is 2.31. The van der Waals surface area contributed by atoms with Crippen LogP contribution in [0.2, 0.25) is 0 Å². The van der Waals surface area contributed by atoms with Crippen LogP contribution in [-0.2, 0) is 0 Å². The molecule has 2 aromatic rings. The average Bonchev–Trinajstić information content (AvgIpc) is 2.83. The average molecular weight is 242 g/mol. The zero-order chi connectivity index (χ0) is 12.4. The van der Waals surface area contributed by atoms with Gasteiger partial charge in [0.15, 0.2) is 0 Å². The van der Waals surface area contributed by atoms with Gasteiger partial charge in [0.2, 0.25) is 0 Å². The highest BCUT2D eigenvalue weighted by atomic mass is 15.3. The molecule has 0 bridgehead atoms. The molecule has 94 valence electrons. The maximum Gasteiger partial charge on any atom is 0.117 e. The molecule has 4 heteroatoms. The summed E-state index contributed by atoms with van der Waals surface area (Å²) < 4.78 is 2.05. The van der Waals surface area contributed by atoms with Gasteiger partial charge in [-0.15, -0.1) is 0 Å². The first-order chi connectivity index (χ1) is 8.84. The first-order valence-corrected chi connectivity index (χ1v) is 6.59. The summed E-state index contributed by atoms with van der Waals surface area (Å²) in [4.78, 5) is 4.12. The van der Waals surface area contributed by atoms with E-state index in [2.05, 4.69) is 14.8 Å². The fourth-order valence-electron chi connectivity index (χ4n) is 2.67. The Labute approximate surface area is 107 Å². The van der Waals surface area contributed by atoms with Crippen LogP contribution in [0.25, 0.3) is 11.3 Å². The molecule has 2 aromatic heterocycles. The largest absolute Gasteiger partial charge is 0.396 e. The van der Waals surface area contributed by atoms with Gasteiger partial charge in [-0.1, -0.05) is 19.3 Å². The molecule has 0 aromatic carbocycles. The molecule has 0 saturated heterocycles. The van der Waals surface area contributed by atoms with Gasteiger partial charge in [0.1, 0.15) is 5.69 Å². The van der Waals surface area contributed by atoms with E-state index in [0.29, 0.717) is 6.04 Å². The van der Waals surface area contributed by atoms with Crippen molar-refractivity contribution in [1.82, 2.24) is 14.8 Å². The van der Waals surface area contributed by atoms with Gasteiger partial charge in [-0.25, -0.2) is 0 Å². The van der Waals surface area contributed by atoms with E-state index in [1.165, 1.54) is 32.1 Å². The van der Waals surface area contributed by atoms with Crippen LogP contribution in [0.4, 0.5) is 5.69 Å². The standard InChI is InChI=1S/C14H18N4/c15-13-10-18(12-6-2-1-3-7-12)17-14(13)11-5-4-8-16-9-11/h4-5,8-10,12H,1-3,6-7,15H2. The number of nitrogen functional groups attached to an aromatic ring is 1. The Morgan fingerprint density at radius 2 is 2.06 bits per heavy atom. The molecule has 2 heterocycles. The van der Waals surface area contributed by atoms with Crippen LogP contribution in [-0.4, -0.2) is 14.8 Å². The van der Waals surface area contributed by atoms with Crippen molar-refractivity contribution >= 4 is 5.69 Å². The molecule has 2 N–H and O–H groups in total. The Morgan fingerprint density at radius 1 is 1.22 bits per heavy atom. The van der Waals surface area contributed by atoms with Crippen LogP contribution in [0.3, 0.4) is 0 Å². The summed E-state index contributed by atoms with van der Waals surface area (Å²) in [6.07, 6.45) is 11.9. The van der Waals surface area contributed by atoms with Crippen molar-refractivity contribution in [2.24, 2.45) is 0 Å². The maximum absolute atomic E-state index is 6.07. The minimum Gasteiger partial charge on any atom is -0.396 e. The summed E-state index contributed by atoms with van der Waals surface area (Å²) in [6, 6.07) is 4.43. The summed E-state index contributed by atoms with van der Waals surface area (Å²) in [5.41, 5.74) is 8.66. The normalized spacial score (nSPS) is 16.9. The van der Waals surface area contributed by atoms with Gasteiger partial charge in [0.05, 0.1) is 11.7 Å². The molecule has 0 amide bonds. The smallest absolute Gasteiger partial charge is 0.117 e. The topological polar surface area (TPSA) is 56.7 Å². The second-order valence-corrected chi connectivity index (χ2v) is 4.95. The van der Waals surface area contributed by atoms with E-state index in [4.69, 9.17) is 5.73 Å². The summed E-state index contributed by atoms with van der Waals surface area (Å²) in [7, 11) is 0. The summed E-state index contributed by atoms with van der Waals surface area (Å²) >= 11 is 0. The lowest BCUT2D eigenvalue weighted by atomic mass is 9.96. The number of nitrogens with zero attached hydrogens (tertiary/aromatic N) is 3. The van der Waals surface area contributed by atoms with Crippen molar-refractivity contribution in [3.8, 4) is 11.3 Å². The van der Waals surface area contributed by atoms with E-state index in [9.17, 15) is 0 Å². The van der Waals surface area contributed by atoms with E-state index < -0.39 is 0 Å². The van der Waals surface area contributed by atoms with Crippen molar-refractivity contribution < 1.29 is 0 Å². The third-order valence-electron chi connectivity index (χ3n) is 3.64. The lowest BCUT2D eigenvalue weighted by Gasteiger charge is -2.21. The zero-order valence-corrected chi connectivity index (χ0v) is 10.4. The molecule has 1 fully saturated rings. The highest BCUT2D eigenvalue weighted by molar-refractivity contribution is 5.71. The van der Waals surface area contributed by atoms with E-state index in [1.807, 2.05) is 24.5 Å². The van der Waals surface area contributed by atoms with Gasteiger partial charge >= 0.3 is 0 Å². The van der Waals surface area contributed by atoms with Gasteiger partial charge in [0, 0.05) is 24.2 Å². The Balaban J connectivity index is 1.91. The molecule has 0 radical (unpaired) electrons. The van der Waals surface area contributed by atoms with Crippen molar-refractivity contribution in [3.05, 3.63) is 30.7 Å². The van der Waals surface area contributed by atoms with Gasteiger partial charge in [-0.3, -0.25) is 9.67 Å². The van der Waals surface area contributed by atoms with Crippen LogP contribution in [0.5, 0.6) is 0 Å². The molecule has 18 heavy (non-hydrogen) atoms. The Morgan fingerprint density at radius 3 is 2.78 bits per heavy atom. The fourth-order valence-corrected chi connectivity index (χ4v) is 2.67. The molecule has 3 rings (SSSR count). The Bertz CT molecular complexity index is 512. The van der Waals surface area contributed by atoms with Crippen molar-refractivity contribution in [2.45, 2.75) is 38.1 Å². The van der Waals surface area contributed by atoms with Crippen molar-refractivity contribution in [2.75, 3.05) is 5.73 Å². The summed E-state index contributed by atoms with van der Waals surface area (Å²) in [5.74, 6) is 0. The number of hydrogen-bond acceptors (Lipinski definition) is 3. The quantitative estimate of drug-likeness (QED) is 0.880. The van der Waals surface area contributed by atoms with Crippen LogP contribution in [0.1, 0.15) is 38.1 Å². The lowest BCUT2D eigenvalue weighted by Crippen LogP contribution is -2.13. The summed E-state index contributed by atoms with van der Waals surface area (Å²) in [6.45, 7) is 0. The number of rotatable bonds is 2. The lowest BCUT2D eigenvalue weighted by molar-refractivity contribution is 0.330. The molecule has 1 saturated carbocycles. The Kier molecular flexibility index (Phi) is 3.00. The minimum absolute atomic E-state index is 0.520. The molecule has 0 spiro atoms. The number of aromatic nitrogens is 3. The predicted octanol–water partition coefficient (Wildman–Crippen LogP) is 3.03. The number of pyridine rings is 1. The van der Waals surface area contributed by atoms with Gasteiger partial charge in [-0.2, -0.15) is 5.10 Å². The number of hydrogen-bond donors (Lipinski definition) is 1.